The van der Waals surface area contributed by atoms with Gasteiger partial charge in [-0.3, -0.25) is 0 Å². The molecule has 1 N–H and O–H groups in total. The summed E-state index contributed by atoms with van der Waals surface area (Å²) < 4.78 is 0. The zero-order valence-electron chi connectivity index (χ0n) is 12.2. The maximum absolute atomic E-state index is 3.85. The molecule has 0 aromatic rings. The second-order valence-electron chi connectivity index (χ2n) is 7.09. The van der Waals surface area contributed by atoms with E-state index in [4.69, 9.17) is 0 Å². The molecule has 3 aliphatic rings. The summed E-state index contributed by atoms with van der Waals surface area (Å²) in [5.74, 6) is 4.35. The van der Waals surface area contributed by atoms with Crippen molar-refractivity contribution in [2.45, 2.75) is 77.2 Å². The Morgan fingerprint density at radius 1 is 0.889 bits per heavy atom. The van der Waals surface area contributed by atoms with Crippen LogP contribution in [0.4, 0.5) is 0 Å². The Labute approximate surface area is 113 Å². The molecule has 0 aliphatic heterocycles. The van der Waals surface area contributed by atoms with Crippen LogP contribution in [0.1, 0.15) is 71.1 Å². The molecule has 0 bridgehead atoms. The highest BCUT2D eigenvalue weighted by Gasteiger charge is 2.53. The van der Waals surface area contributed by atoms with E-state index >= 15 is 0 Å². The predicted octanol–water partition coefficient (Wildman–Crippen LogP) is 4.37. The normalized spacial score (nSPS) is 38.2. The molecule has 0 radical (unpaired) electrons. The van der Waals surface area contributed by atoms with E-state index in [2.05, 4.69) is 12.2 Å². The van der Waals surface area contributed by atoms with Crippen molar-refractivity contribution < 1.29 is 0 Å². The standard InChI is InChI=1S/C17H31N/c1-2-18-16(12-13-8-4-3-5-9-13)17-14-10-6-7-11-15(14)17/h13-18H,2-12H2,1H3. The van der Waals surface area contributed by atoms with E-state index in [1.165, 1.54) is 57.9 Å². The summed E-state index contributed by atoms with van der Waals surface area (Å²) in [7, 11) is 0. The first-order valence-electron chi connectivity index (χ1n) is 8.63. The number of hydrogen-bond acceptors (Lipinski definition) is 1. The minimum atomic E-state index is 0.867. The Hall–Kier alpha value is -0.0400. The quantitative estimate of drug-likeness (QED) is 0.763. The summed E-state index contributed by atoms with van der Waals surface area (Å²) >= 11 is 0. The van der Waals surface area contributed by atoms with E-state index in [9.17, 15) is 0 Å². The van der Waals surface area contributed by atoms with Crippen LogP contribution in [0.2, 0.25) is 0 Å². The van der Waals surface area contributed by atoms with Crippen LogP contribution in [0.15, 0.2) is 0 Å². The average Bonchev–Trinajstić information content (AvgIpc) is 3.14. The first-order chi connectivity index (χ1) is 8.90. The van der Waals surface area contributed by atoms with Crippen LogP contribution in [0.25, 0.3) is 0 Å². The van der Waals surface area contributed by atoms with Gasteiger partial charge in [0.2, 0.25) is 0 Å². The van der Waals surface area contributed by atoms with Gasteiger partial charge in [0.05, 0.1) is 0 Å². The SMILES string of the molecule is CCNC(CC1CCCCC1)C1C2CCCCC21. The van der Waals surface area contributed by atoms with E-state index in [0.29, 0.717) is 0 Å². The Balaban J connectivity index is 1.54. The van der Waals surface area contributed by atoms with Crippen LogP contribution in [-0.4, -0.2) is 12.6 Å². The van der Waals surface area contributed by atoms with Crippen LogP contribution in [0.3, 0.4) is 0 Å². The molecule has 3 rings (SSSR count). The molecule has 3 atom stereocenters. The van der Waals surface area contributed by atoms with E-state index in [0.717, 1.165) is 29.7 Å². The molecule has 1 heteroatoms. The second-order valence-corrected chi connectivity index (χ2v) is 7.09. The van der Waals surface area contributed by atoms with Crippen molar-refractivity contribution >= 4 is 0 Å². The Bertz CT molecular complexity index is 244. The van der Waals surface area contributed by atoms with Gasteiger partial charge in [-0.25, -0.2) is 0 Å². The molecule has 1 nitrogen and oxygen atoms in total. The number of fused-ring (bicyclic) bond motifs is 1. The highest BCUT2D eigenvalue weighted by molar-refractivity contribution is 5.04. The predicted molar refractivity (Wildman–Crippen MR) is 77.6 cm³/mol. The molecule has 0 spiro atoms. The fraction of sp³-hybridized carbons (Fsp3) is 1.00. The summed E-state index contributed by atoms with van der Waals surface area (Å²) in [6.07, 6.45) is 15.1. The van der Waals surface area contributed by atoms with Gasteiger partial charge in [-0.05, 0) is 49.5 Å². The molecule has 3 saturated carbocycles. The van der Waals surface area contributed by atoms with Gasteiger partial charge in [0.25, 0.3) is 0 Å². The molecule has 0 aromatic heterocycles. The molecule has 0 saturated heterocycles. The molecule has 3 aliphatic carbocycles. The van der Waals surface area contributed by atoms with Gasteiger partial charge in [-0.1, -0.05) is 51.9 Å². The molecule has 3 fully saturated rings. The maximum Gasteiger partial charge on any atom is 0.0103 e. The minimum absolute atomic E-state index is 0.867. The first kappa shape index (κ1) is 13.0. The van der Waals surface area contributed by atoms with Crippen molar-refractivity contribution in [1.29, 1.82) is 0 Å². The van der Waals surface area contributed by atoms with Crippen LogP contribution < -0.4 is 5.32 Å². The number of nitrogens with one attached hydrogen (secondary N) is 1. The Kier molecular flexibility index (Phi) is 4.28. The fourth-order valence-corrected chi connectivity index (χ4v) is 5.07. The molecule has 0 aromatic carbocycles. The third kappa shape index (κ3) is 2.76. The minimum Gasteiger partial charge on any atom is -0.314 e. The van der Waals surface area contributed by atoms with Gasteiger partial charge in [-0.15, -0.1) is 0 Å². The summed E-state index contributed by atoms with van der Waals surface area (Å²) in [5.41, 5.74) is 0. The third-order valence-corrected chi connectivity index (χ3v) is 5.97. The lowest BCUT2D eigenvalue weighted by molar-refractivity contribution is 0.278. The topological polar surface area (TPSA) is 12.0 Å². The zero-order valence-corrected chi connectivity index (χ0v) is 12.2. The summed E-state index contributed by atoms with van der Waals surface area (Å²) in [6, 6.07) is 0.867. The van der Waals surface area contributed by atoms with Gasteiger partial charge in [-0.2, -0.15) is 0 Å². The monoisotopic (exact) mass is 249 g/mol. The molecular formula is C17H31N. The summed E-state index contributed by atoms with van der Waals surface area (Å²) in [6.45, 7) is 3.47. The first-order valence-corrected chi connectivity index (χ1v) is 8.63. The fourth-order valence-electron chi connectivity index (χ4n) is 5.07. The van der Waals surface area contributed by atoms with Gasteiger partial charge < -0.3 is 5.32 Å². The lowest BCUT2D eigenvalue weighted by Gasteiger charge is -2.27. The van der Waals surface area contributed by atoms with Crippen LogP contribution in [0, 0.1) is 23.7 Å². The average molecular weight is 249 g/mol. The zero-order chi connectivity index (χ0) is 12.4. The van der Waals surface area contributed by atoms with E-state index in [1.807, 2.05) is 0 Å². The van der Waals surface area contributed by atoms with Crippen molar-refractivity contribution in [3.05, 3.63) is 0 Å². The molecule has 104 valence electrons. The summed E-state index contributed by atoms with van der Waals surface area (Å²) in [4.78, 5) is 0. The van der Waals surface area contributed by atoms with E-state index in [1.54, 1.807) is 12.8 Å². The maximum atomic E-state index is 3.85. The highest BCUT2D eigenvalue weighted by atomic mass is 14.9. The molecule has 3 unspecified atom stereocenters. The van der Waals surface area contributed by atoms with Gasteiger partial charge >= 0.3 is 0 Å². The third-order valence-electron chi connectivity index (χ3n) is 5.97. The molecule has 18 heavy (non-hydrogen) atoms. The molecule has 0 heterocycles. The van der Waals surface area contributed by atoms with Gasteiger partial charge in [0, 0.05) is 6.04 Å². The van der Waals surface area contributed by atoms with Crippen molar-refractivity contribution in [3.63, 3.8) is 0 Å². The number of hydrogen-bond donors (Lipinski definition) is 1. The van der Waals surface area contributed by atoms with Crippen molar-refractivity contribution in [2.24, 2.45) is 23.7 Å². The molecular weight excluding hydrogens is 218 g/mol. The summed E-state index contributed by atoms with van der Waals surface area (Å²) in [5, 5.41) is 3.85. The van der Waals surface area contributed by atoms with E-state index < -0.39 is 0 Å². The van der Waals surface area contributed by atoms with Crippen LogP contribution in [0.5, 0.6) is 0 Å². The Morgan fingerprint density at radius 3 is 2.11 bits per heavy atom. The van der Waals surface area contributed by atoms with Crippen molar-refractivity contribution in [2.75, 3.05) is 6.54 Å². The molecule has 0 amide bonds. The van der Waals surface area contributed by atoms with Crippen LogP contribution >= 0.6 is 0 Å². The van der Waals surface area contributed by atoms with Gasteiger partial charge in [0.15, 0.2) is 0 Å². The van der Waals surface area contributed by atoms with Crippen molar-refractivity contribution in [1.82, 2.24) is 5.32 Å². The lowest BCUT2D eigenvalue weighted by atomic mass is 9.83. The van der Waals surface area contributed by atoms with Crippen molar-refractivity contribution in [3.8, 4) is 0 Å². The highest BCUT2D eigenvalue weighted by Crippen LogP contribution is 2.57. The Morgan fingerprint density at radius 2 is 1.50 bits per heavy atom. The smallest absolute Gasteiger partial charge is 0.0103 e. The van der Waals surface area contributed by atoms with E-state index in [-0.39, 0.29) is 0 Å². The lowest BCUT2D eigenvalue weighted by Crippen LogP contribution is -2.34. The largest absolute Gasteiger partial charge is 0.314 e. The second kappa shape index (κ2) is 5.94. The van der Waals surface area contributed by atoms with Gasteiger partial charge in [0.1, 0.15) is 0 Å². The number of rotatable bonds is 5. The van der Waals surface area contributed by atoms with Crippen LogP contribution in [-0.2, 0) is 0 Å².